The normalized spacial score (nSPS) is 30.9. The van der Waals surface area contributed by atoms with Crippen LogP contribution in [0.4, 0.5) is 0 Å². The minimum atomic E-state index is -3.06. The Morgan fingerprint density at radius 3 is 2.50 bits per heavy atom. The molecule has 16 heavy (non-hydrogen) atoms. The zero-order valence-electron chi connectivity index (χ0n) is 10.1. The standard InChI is InChI=1S/C12H21NO2S/c1-3-7-16(14,15)12-8-10(4-2)5-6-11(12)9-13/h10-12H,3-8H2,1-2H3. The number of nitriles is 1. The molecule has 0 radical (unpaired) electrons. The molecule has 1 saturated carbocycles. The average molecular weight is 243 g/mol. The van der Waals surface area contributed by atoms with Crippen molar-refractivity contribution in [3.63, 3.8) is 0 Å². The Labute approximate surface area is 98.8 Å². The third kappa shape index (κ3) is 2.98. The van der Waals surface area contributed by atoms with Crippen LogP contribution in [0.15, 0.2) is 0 Å². The first-order valence-electron chi connectivity index (χ1n) is 6.16. The van der Waals surface area contributed by atoms with E-state index in [0.717, 1.165) is 19.3 Å². The summed E-state index contributed by atoms with van der Waals surface area (Å²) in [6.07, 6.45) is 4.12. The van der Waals surface area contributed by atoms with Gasteiger partial charge in [-0.3, -0.25) is 0 Å². The second-order valence-electron chi connectivity index (χ2n) is 4.73. The van der Waals surface area contributed by atoms with Gasteiger partial charge in [0, 0.05) is 0 Å². The lowest BCUT2D eigenvalue weighted by atomic mass is 9.81. The molecule has 0 spiro atoms. The van der Waals surface area contributed by atoms with E-state index in [2.05, 4.69) is 13.0 Å². The molecule has 3 nitrogen and oxygen atoms in total. The lowest BCUT2D eigenvalue weighted by Crippen LogP contribution is -2.36. The third-order valence-electron chi connectivity index (χ3n) is 3.59. The van der Waals surface area contributed by atoms with Crippen LogP contribution in [0.3, 0.4) is 0 Å². The molecule has 0 amide bonds. The largest absolute Gasteiger partial charge is 0.229 e. The fourth-order valence-corrected chi connectivity index (χ4v) is 4.70. The zero-order valence-corrected chi connectivity index (χ0v) is 11.0. The van der Waals surface area contributed by atoms with E-state index < -0.39 is 15.1 Å². The van der Waals surface area contributed by atoms with Gasteiger partial charge < -0.3 is 0 Å². The van der Waals surface area contributed by atoms with E-state index in [0.29, 0.717) is 18.8 Å². The van der Waals surface area contributed by atoms with Gasteiger partial charge in [0.25, 0.3) is 0 Å². The van der Waals surface area contributed by atoms with Gasteiger partial charge in [0.05, 0.1) is 23.0 Å². The maximum Gasteiger partial charge on any atom is 0.154 e. The highest BCUT2D eigenvalue weighted by molar-refractivity contribution is 7.92. The van der Waals surface area contributed by atoms with Gasteiger partial charge in [0.1, 0.15) is 0 Å². The highest BCUT2D eigenvalue weighted by atomic mass is 32.2. The minimum absolute atomic E-state index is 0.228. The van der Waals surface area contributed by atoms with E-state index in [-0.39, 0.29) is 11.7 Å². The Hall–Kier alpha value is -0.560. The highest BCUT2D eigenvalue weighted by Gasteiger charge is 2.37. The Balaban J connectivity index is 2.84. The summed E-state index contributed by atoms with van der Waals surface area (Å²) in [4.78, 5) is 0. The second kappa shape index (κ2) is 5.67. The predicted molar refractivity (Wildman–Crippen MR) is 64.6 cm³/mol. The van der Waals surface area contributed by atoms with Gasteiger partial charge in [-0.15, -0.1) is 0 Å². The van der Waals surface area contributed by atoms with Crippen LogP contribution in [-0.4, -0.2) is 19.4 Å². The predicted octanol–water partition coefficient (Wildman–Crippen LogP) is 2.53. The molecule has 0 N–H and O–H groups in total. The average Bonchev–Trinajstić information content (AvgIpc) is 2.28. The van der Waals surface area contributed by atoms with Gasteiger partial charge in [0.2, 0.25) is 0 Å². The molecule has 1 aliphatic rings. The third-order valence-corrected chi connectivity index (χ3v) is 6.01. The maximum atomic E-state index is 12.1. The van der Waals surface area contributed by atoms with Crippen LogP contribution in [-0.2, 0) is 9.84 Å². The lowest BCUT2D eigenvalue weighted by molar-refractivity contribution is 0.308. The van der Waals surface area contributed by atoms with Crippen molar-refractivity contribution >= 4 is 9.84 Å². The Kier molecular flexibility index (Phi) is 4.79. The monoisotopic (exact) mass is 243 g/mol. The molecule has 3 unspecified atom stereocenters. The summed E-state index contributed by atoms with van der Waals surface area (Å²) >= 11 is 0. The summed E-state index contributed by atoms with van der Waals surface area (Å²) in [6.45, 7) is 3.97. The molecule has 92 valence electrons. The van der Waals surface area contributed by atoms with Gasteiger partial charge in [-0.2, -0.15) is 5.26 Å². The Bertz CT molecular complexity index is 356. The van der Waals surface area contributed by atoms with Gasteiger partial charge >= 0.3 is 0 Å². The van der Waals surface area contributed by atoms with Crippen LogP contribution in [0.25, 0.3) is 0 Å². The quantitative estimate of drug-likeness (QED) is 0.762. The maximum absolute atomic E-state index is 12.1. The van der Waals surface area contributed by atoms with Crippen molar-refractivity contribution in [2.45, 2.75) is 51.2 Å². The van der Waals surface area contributed by atoms with Crippen LogP contribution in [0.2, 0.25) is 0 Å². The minimum Gasteiger partial charge on any atom is -0.229 e. The molecule has 0 bridgehead atoms. The summed E-state index contributed by atoms with van der Waals surface area (Å²) in [5.74, 6) is 0.437. The second-order valence-corrected chi connectivity index (χ2v) is 7.07. The van der Waals surface area contributed by atoms with E-state index in [9.17, 15) is 8.42 Å². The molecule has 1 aliphatic carbocycles. The van der Waals surface area contributed by atoms with E-state index in [1.807, 2.05) is 6.92 Å². The molecule has 0 aromatic carbocycles. The Morgan fingerprint density at radius 2 is 2.00 bits per heavy atom. The first kappa shape index (κ1) is 13.5. The van der Waals surface area contributed by atoms with Crippen LogP contribution in [0.5, 0.6) is 0 Å². The highest BCUT2D eigenvalue weighted by Crippen LogP contribution is 2.35. The summed E-state index contributed by atoms with van der Waals surface area (Å²) < 4.78 is 24.1. The topological polar surface area (TPSA) is 57.9 Å². The molecule has 3 atom stereocenters. The van der Waals surface area contributed by atoms with Crippen molar-refractivity contribution in [3.8, 4) is 6.07 Å². The van der Waals surface area contributed by atoms with Crippen LogP contribution >= 0.6 is 0 Å². The number of hydrogen-bond donors (Lipinski definition) is 0. The van der Waals surface area contributed by atoms with Crippen molar-refractivity contribution < 1.29 is 8.42 Å². The molecule has 1 fully saturated rings. The summed E-state index contributed by atoms with van der Waals surface area (Å²) in [5.41, 5.74) is 0. The van der Waals surface area contributed by atoms with Crippen LogP contribution < -0.4 is 0 Å². The summed E-state index contributed by atoms with van der Waals surface area (Å²) in [5, 5.41) is 8.63. The van der Waals surface area contributed by atoms with Gasteiger partial charge in [0.15, 0.2) is 9.84 Å². The van der Waals surface area contributed by atoms with Crippen molar-refractivity contribution in [1.82, 2.24) is 0 Å². The van der Waals surface area contributed by atoms with Crippen molar-refractivity contribution in [2.75, 3.05) is 5.75 Å². The Morgan fingerprint density at radius 1 is 1.31 bits per heavy atom. The molecule has 1 rings (SSSR count). The molecular weight excluding hydrogens is 222 g/mol. The molecule has 0 aromatic heterocycles. The van der Waals surface area contributed by atoms with Gasteiger partial charge in [-0.1, -0.05) is 20.3 Å². The fraction of sp³-hybridized carbons (Fsp3) is 0.917. The van der Waals surface area contributed by atoms with Gasteiger partial charge in [-0.05, 0) is 31.6 Å². The van der Waals surface area contributed by atoms with E-state index in [4.69, 9.17) is 5.26 Å². The number of rotatable bonds is 4. The molecule has 0 saturated heterocycles. The SMILES string of the molecule is CCCS(=O)(=O)C1CC(CC)CCC1C#N. The molecule has 0 aromatic rings. The molecule has 4 heteroatoms. The van der Waals surface area contributed by atoms with Gasteiger partial charge in [-0.25, -0.2) is 8.42 Å². The fourth-order valence-electron chi connectivity index (χ4n) is 2.56. The van der Waals surface area contributed by atoms with E-state index >= 15 is 0 Å². The van der Waals surface area contributed by atoms with Crippen molar-refractivity contribution in [2.24, 2.45) is 11.8 Å². The van der Waals surface area contributed by atoms with Crippen LogP contribution in [0.1, 0.15) is 46.0 Å². The first-order chi connectivity index (χ1) is 7.55. The smallest absolute Gasteiger partial charge is 0.154 e. The summed E-state index contributed by atoms with van der Waals surface area (Å²) in [6, 6.07) is 2.18. The first-order valence-corrected chi connectivity index (χ1v) is 7.87. The molecule has 0 heterocycles. The molecular formula is C12H21NO2S. The number of hydrogen-bond acceptors (Lipinski definition) is 3. The molecule has 0 aliphatic heterocycles. The van der Waals surface area contributed by atoms with E-state index in [1.165, 1.54) is 0 Å². The summed E-state index contributed by atoms with van der Waals surface area (Å²) in [7, 11) is -3.06. The van der Waals surface area contributed by atoms with Crippen LogP contribution in [0, 0.1) is 23.2 Å². The van der Waals surface area contributed by atoms with E-state index in [1.54, 1.807) is 0 Å². The van der Waals surface area contributed by atoms with Crippen molar-refractivity contribution in [1.29, 1.82) is 5.26 Å². The lowest BCUT2D eigenvalue weighted by Gasteiger charge is -2.31. The number of nitrogens with zero attached hydrogens (tertiary/aromatic N) is 1. The zero-order chi connectivity index (χ0) is 12.2. The van der Waals surface area contributed by atoms with Crippen molar-refractivity contribution in [3.05, 3.63) is 0 Å². The number of sulfone groups is 1.